The van der Waals surface area contributed by atoms with Gasteiger partial charge in [-0.15, -0.1) is 0 Å². The van der Waals surface area contributed by atoms with Gasteiger partial charge >= 0.3 is 15.6 Å². The van der Waals surface area contributed by atoms with Crippen LogP contribution in [0.5, 0.6) is 0 Å². The second-order valence-electron chi connectivity index (χ2n) is 1.92. The average Bonchev–Trinajstić information content (AvgIpc) is 1.84. The Hall–Kier alpha value is -0.235. The normalized spacial score (nSPS) is 10.9. The highest BCUT2D eigenvalue weighted by molar-refractivity contribution is 7.86. The summed E-state index contributed by atoms with van der Waals surface area (Å²) >= 11 is 0. The summed E-state index contributed by atoms with van der Waals surface area (Å²) in [5.41, 5.74) is -5.53. The molecular formula is C5H11BF3O3S. The third-order valence-electron chi connectivity index (χ3n) is 0.792. The molecule has 0 heterocycles. The molecule has 0 aromatic carbocycles. The van der Waals surface area contributed by atoms with Gasteiger partial charge in [-0.3, -0.25) is 4.55 Å². The molecule has 0 atom stereocenters. The van der Waals surface area contributed by atoms with Crippen molar-refractivity contribution in [2.45, 2.75) is 32.2 Å². The molecule has 1 N–H and O–H groups in total. The van der Waals surface area contributed by atoms with Crippen LogP contribution in [0.3, 0.4) is 0 Å². The van der Waals surface area contributed by atoms with Gasteiger partial charge in [-0.05, 0) is 0 Å². The third-order valence-corrected chi connectivity index (χ3v) is 1.38. The van der Waals surface area contributed by atoms with Crippen LogP contribution in [0.2, 0.25) is 0 Å². The zero-order valence-electron chi connectivity index (χ0n) is 7.30. The van der Waals surface area contributed by atoms with Crippen molar-refractivity contribution in [1.82, 2.24) is 0 Å². The first-order valence-corrected chi connectivity index (χ1v) is 4.64. The Bertz CT molecular complexity index is 198. The molecule has 3 radical (unpaired) electrons. The smallest absolute Gasteiger partial charge is 0.279 e. The lowest BCUT2D eigenvalue weighted by Crippen LogP contribution is -2.21. The van der Waals surface area contributed by atoms with Crippen LogP contribution in [0.4, 0.5) is 13.2 Å². The second-order valence-corrected chi connectivity index (χ2v) is 3.33. The lowest BCUT2D eigenvalue weighted by Gasteiger charge is -1.97. The van der Waals surface area contributed by atoms with Gasteiger partial charge in [0.2, 0.25) is 0 Å². The van der Waals surface area contributed by atoms with Crippen molar-refractivity contribution in [2.75, 3.05) is 0 Å². The van der Waals surface area contributed by atoms with Gasteiger partial charge in [-0.2, -0.15) is 21.6 Å². The SMILES string of the molecule is CCCC.O=S(=O)(O)C(F)(F)F.[B]. The lowest BCUT2D eigenvalue weighted by molar-refractivity contribution is -0.0510. The van der Waals surface area contributed by atoms with E-state index in [-0.39, 0.29) is 8.41 Å². The molecule has 0 rings (SSSR count). The zero-order chi connectivity index (χ0) is 10.4. The summed E-state index contributed by atoms with van der Waals surface area (Å²) in [6.07, 6.45) is 2.64. The predicted molar refractivity (Wildman–Crippen MR) is 43.9 cm³/mol. The van der Waals surface area contributed by atoms with Crippen LogP contribution in [0, 0.1) is 0 Å². The van der Waals surface area contributed by atoms with Gasteiger partial charge in [0.05, 0.1) is 0 Å². The fraction of sp³-hybridized carbons (Fsp3) is 1.00. The molecule has 0 aromatic rings. The van der Waals surface area contributed by atoms with Gasteiger partial charge in [0.1, 0.15) is 0 Å². The van der Waals surface area contributed by atoms with E-state index < -0.39 is 15.6 Å². The minimum atomic E-state index is -5.84. The van der Waals surface area contributed by atoms with E-state index in [0.717, 1.165) is 0 Å². The Labute approximate surface area is 77.7 Å². The van der Waals surface area contributed by atoms with Gasteiger partial charge in [-0.25, -0.2) is 0 Å². The molecule has 13 heavy (non-hydrogen) atoms. The van der Waals surface area contributed by atoms with Crippen molar-refractivity contribution in [3.63, 3.8) is 0 Å². The Kier molecular flexibility index (Phi) is 10.3. The molecule has 0 amide bonds. The second kappa shape index (κ2) is 7.20. The molecule has 0 spiro atoms. The van der Waals surface area contributed by atoms with E-state index in [2.05, 4.69) is 13.8 Å². The maximum atomic E-state index is 10.7. The molecule has 0 saturated heterocycles. The zero-order valence-corrected chi connectivity index (χ0v) is 8.11. The number of halogens is 3. The molecule has 0 bridgehead atoms. The molecule has 79 valence electrons. The molecule has 0 unspecified atom stereocenters. The first-order valence-electron chi connectivity index (χ1n) is 3.20. The monoisotopic (exact) mass is 219 g/mol. The van der Waals surface area contributed by atoms with E-state index in [9.17, 15) is 13.2 Å². The number of alkyl halides is 3. The van der Waals surface area contributed by atoms with E-state index in [4.69, 9.17) is 13.0 Å². The van der Waals surface area contributed by atoms with Crippen molar-refractivity contribution in [3.8, 4) is 0 Å². The fourth-order valence-corrected chi connectivity index (χ4v) is 0. The van der Waals surface area contributed by atoms with Crippen LogP contribution >= 0.6 is 0 Å². The Morgan fingerprint density at radius 1 is 1.15 bits per heavy atom. The topological polar surface area (TPSA) is 54.4 Å². The minimum Gasteiger partial charge on any atom is -0.279 e. The van der Waals surface area contributed by atoms with Gasteiger partial charge in [0.15, 0.2) is 0 Å². The van der Waals surface area contributed by atoms with E-state index >= 15 is 0 Å². The quantitative estimate of drug-likeness (QED) is 0.415. The van der Waals surface area contributed by atoms with Crippen molar-refractivity contribution in [2.24, 2.45) is 0 Å². The Balaban J connectivity index is -0.000000173. The maximum Gasteiger partial charge on any atom is 0.522 e. The molecule has 0 saturated carbocycles. The summed E-state index contributed by atoms with van der Waals surface area (Å²) in [5.74, 6) is 0. The number of rotatable bonds is 1. The highest BCUT2D eigenvalue weighted by Gasteiger charge is 2.44. The van der Waals surface area contributed by atoms with Gasteiger partial charge in [-0.1, -0.05) is 26.7 Å². The summed E-state index contributed by atoms with van der Waals surface area (Å²) in [6.45, 7) is 4.36. The summed E-state index contributed by atoms with van der Waals surface area (Å²) in [4.78, 5) is 0. The van der Waals surface area contributed by atoms with Crippen LogP contribution in [0.15, 0.2) is 0 Å². The third kappa shape index (κ3) is 11.8. The first-order chi connectivity index (χ1) is 5.16. The standard InChI is InChI=1S/C4H10.CHF3O3S.B/c1-3-4-2;2-1(3,4)8(5,6)7;/h3-4H2,1-2H3;(H,5,6,7);. The van der Waals surface area contributed by atoms with E-state index in [1.54, 1.807) is 0 Å². The van der Waals surface area contributed by atoms with Gasteiger partial charge < -0.3 is 0 Å². The van der Waals surface area contributed by atoms with E-state index in [0.29, 0.717) is 0 Å². The largest absolute Gasteiger partial charge is 0.522 e. The number of hydrogen-bond donors (Lipinski definition) is 1. The highest BCUT2D eigenvalue weighted by Crippen LogP contribution is 2.20. The Morgan fingerprint density at radius 3 is 1.31 bits per heavy atom. The Morgan fingerprint density at radius 2 is 1.31 bits per heavy atom. The summed E-state index contributed by atoms with van der Waals surface area (Å²) < 4.78 is 57.5. The molecule has 0 aliphatic heterocycles. The summed E-state index contributed by atoms with van der Waals surface area (Å²) in [5, 5.41) is 0. The van der Waals surface area contributed by atoms with Crippen LogP contribution in [0.1, 0.15) is 26.7 Å². The highest BCUT2D eigenvalue weighted by atomic mass is 32.2. The lowest BCUT2D eigenvalue weighted by atomic mass is 10.4. The van der Waals surface area contributed by atoms with Crippen molar-refractivity contribution < 1.29 is 26.1 Å². The van der Waals surface area contributed by atoms with Crippen molar-refractivity contribution >= 4 is 18.5 Å². The van der Waals surface area contributed by atoms with E-state index in [1.165, 1.54) is 12.8 Å². The number of unbranched alkanes of at least 4 members (excludes halogenated alkanes) is 1. The van der Waals surface area contributed by atoms with Crippen molar-refractivity contribution in [3.05, 3.63) is 0 Å². The fourth-order valence-electron chi connectivity index (χ4n) is 0. The van der Waals surface area contributed by atoms with Crippen LogP contribution in [-0.4, -0.2) is 26.9 Å². The molecule has 0 fully saturated rings. The molecule has 0 aromatic heterocycles. The summed E-state index contributed by atoms with van der Waals surface area (Å²) in [7, 11) is -5.84. The first kappa shape index (κ1) is 18.5. The minimum absolute atomic E-state index is 0. The molecule has 8 heteroatoms. The molecule has 3 nitrogen and oxygen atoms in total. The van der Waals surface area contributed by atoms with E-state index in [1.807, 2.05) is 0 Å². The van der Waals surface area contributed by atoms with Crippen LogP contribution in [0.25, 0.3) is 0 Å². The molecule has 0 aliphatic carbocycles. The van der Waals surface area contributed by atoms with Gasteiger partial charge in [0.25, 0.3) is 0 Å². The van der Waals surface area contributed by atoms with Crippen LogP contribution < -0.4 is 0 Å². The molecular weight excluding hydrogens is 208 g/mol. The number of hydrogen-bond acceptors (Lipinski definition) is 2. The average molecular weight is 219 g/mol. The van der Waals surface area contributed by atoms with Gasteiger partial charge in [0, 0.05) is 8.41 Å². The maximum absolute atomic E-state index is 10.7. The summed E-state index contributed by atoms with van der Waals surface area (Å²) in [6, 6.07) is 0. The predicted octanol–water partition coefficient (Wildman–Crippen LogP) is 1.82. The molecule has 0 aliphatic rings. The van der Waals surface area contributed by atoms with Crippen molar-refractivity contribution in [1.29, 1.82) is 0 Å². The van der Waals surface area contributed by atoms with Crippen LogP contribution in [-0.2, 0) is 10.1 Å².